The molecule has 1 amide bonds. The van der Waals surface area contributed by atoms with Gasteiger partial charge in [0, 0.05) is 26.8 Å². The van der Waals surface area contributed by atoms with Gasteiger partial charge in [0.05, 0.1) is 0 Å². The third kappa shape index (κ3) is 10.2. The van der Waals surface area contributed by atoms with E-state index in [1.54, 1.807) is 7.11 Å². The normalized spacial score (nSPS) is 11.7. The van der Waals surface area contributed by atoms with Crippen LogP contribution in [0, 0.1) is 0 Å². The van der Waals surface area contributed by atoms with Gasteiger partial charge in [-0.2, -0.15) is 0 Å². The Morgan fingerprint density at radius 1 is 1.00 bits per heavy atom. The summed E-state index contributed by atoms with van der Waals surface area (Å²) >= 11 is 0. The number of aliphatic hydroxyl groups is 1. The highest BCUT2D eigenvalue weighted by molar-refractivity contribution is 5.77. The first kappa shape index (κ1) is 23.7. The zero-order valence-corrected chi connectivity index (χ0v) is 17.5. The standard InChI is InChI=1S/C23H32N2O5/c1-28-15-5-13-25-23(27)18-30-22-10-8-19(9-11-22)12-14-24-16-20(26)17-29-21-6-3-2-4-7-21/h2-4,6-11,20,24,26H,5,12-18H2,1H3,(H,25,27)/t20-/m0/s1. The summed E-state index contributed by atoms with van der Waals surface area (Å²) in [6.07, 6.45) is 1.04. The zero-order valence-electron chi connectivity index (χ0n) is 17.5. The molecule has 0 unspecified atom stereocenters. The van der Waals surface area contributed by atoms with Crippen LogP contribution in [0.5, 0.6) is 11.5 Å². The van der Waals surface area contributed by atoms with Gasteiger partial charge in [0.2, 0.25) is 0 Å². The van der Waals surface area contributed by atoms with Crippen molar-refractivity contribution in [1.82, 2.24) is 10.6 Å². The first-order valence-electron chi connectivity index (χ1n) is 10.2. The molecule has 7 heteroatoms. The van der Waals surface area contributed by atoms with Gasteiger partial charge in [0.15, 0.2) is 6.61 Å². The van der Waals surface area contributed by atoms with E-state index in [4.69, 9.17) is 14.2 Å². The molecular formula is C23H32N2O5. The molecule has 30 heavy (non-hydrogen) atoms. The van der Waals surface area contributed by atoms with Gasteiger partial charge in [-0.1, -0.05) is 30.3 Å². The Morgan fingerprint density at radius 2 is 1.73 bits per heavy atom. The molecule has 0 fully saturated rings. The van der Waals surface area contributed by atoms with Crippen LogP contribution in [-0.2, 0) is 16.0 Å². The molecule has 164 valence electrons. The van der Waals surface area contributed by atoms with E-state index in [1.807, 2.05) is 54.6 Å². The van der Waals surface area contributed by atoms with Gasteiger partial charge in [0.25, 0.3) is 5.91 Å². The number of hydrogen-bond donors (Lipinski definition) is 3. The van der Waals surface area contributed by atoms with Crippen LogP contribution < -0.4 is 20.1 Å². The predicted octanol–water partition coefficient (Wildman–Crippen LogP) is 1.79. The number of para-hydroxylation sites is 1. The number of carbonyl (C=O) groups excluding carboxylic acids is 1. The highest BCUT2D eigenvalue weighted by Crippen LogP contribution is 2.12. The SMILES string of the molecule is COCCCNC(=O)COc1ccc(CCNC[C@H](O)COc2ccccc2)cc1. The van der Waals surface area contributed by atoms with Crippen molar-refractivity contribution >= 4 is 5.91 Å². The summed E-state index contributed by atoms with van der Waals surface area (Å²) in [5, 5.41) is 16.0. The zero-order chi connectivity index (χ0) is 21.4. The maximum Gasteiger partial charge on any atom is 0.257 e. The van der Waals surface area contributed by atoms with Crippen molar-refractivity contribution in [3.8, 4) is 11.5 Å². The van der Waals surface area contributed by atoms with Crippen LogP contribution in [-0.4, -0.2) is 63.7 Å². The van der Waals surface area contributed by atoms with E-state index in [0.717, 1.165) is 30.7 Å². The lowest BCUT2D eigenvalue weighted by molar-refractivity contribution is -0.123. The molecule has 0 saturated carbocycles. The van der Waals surface area contributed by atoms with E-state index in [2.05, 4.69) is 10.6 Å². The van der Waals surface area contributed by atoms with Crippen LogP contribution >= 0.6 is 0 Å². The average Bonchev–Trinajstić information content (AvgIpc) is 2.78. The van der Waals surface area contributed by atoms with Crippen LogP contribution in [0.4, 0.5) is 0 Å². The van der Waals surface area contributed by atoms with Crippen LogP contribution in [0.1, 0.15) is 12.0 Å². The molecule has 0 radical (unpaired) electrons. The van der Waals surface area contributed by atoms with Crippen molar-refractivity contribution in [2.75, 3.05) is 46.6 Å². The summed E-state index contributed by atoms with van der Waals surface area (Å²) in [7, 11) is 1.64. The molecule has 2 aromatic rings. The minimum absolute atomic E-state index is 0.00315. The number of amides is 1. The van der Waals surface area contributed by atoms with Gasteiger partial charge in [-0.3, -0.25) is 4.79 Å². The van der Waals surface area contributed by atoms with Crippen molar-refractivity contribution in [2.24, 2.45) is 0 Å². The molecule has 0 aliphatic heterocycles. The number of nitrogens with one attached hydrogen (secondary N) is 2. The first-order valence-corrected chi connectivity index (χ1v) is 10.2. The van der Waals surface area contributed by atoms with Crippen molar-refractivity contribution < 1.29 is 24.1 Å². The number of ether oxygens (including phenoxy) is 3. The van der Waals surface area contributed by atoms with Gasteiger partial charge in [-0.15, -0.1) is 0 Å². The Kier molecular flexibility index (Phi) is 11.3. The Morgan fingerprint density at radius 3 is 2.47 bits per heavy atom. The molecule has 7 nitrogen and oxygen atoms in total. The Hall–Kier alpha value is -2.61. The minimum atomic E-state index is -0.568. The summed E-state index contributed by atoms with van der Waals surface area (Å²) in [6.45, 7) is 2.66. The van der Waals surface area contributed by atoms with E-state index in [1.165, 1.54) is 0 Å². The van der Waals surface area contributed by atoms with Crippen LogP contribution in [0.25, 0.3) is 0 Å². The summed E-state index contributed by atoms with van der Waals surface area (Å²) in [6, 6.07) is 17.1. The van der Waals surface area contributed by atoms with Gasteiger partial charge in [0.1, 0.15) is 24.2 Å². The van der Waals surface area contributed by atoms with Crippen LogP contribution in [0.2, 0.25) is 0 Å². The second kappa shape index (κ2) is 14.4. The molecule has 3 N–H and O–H groups in total. The number of hydrogen-bond acceptors (Lipinski definition) is 6. The summed E-state index contributed by atoms with van der Waals surface area (Å²) in [5.41, 5.74) is 1.15. The number of methoxy groups -OCH3 is 1. The van der Waals surface area contributed by atoms with Gasteiger partial charge < -0.3 is 30.0 Å². The second-order valence-corrected chi connectivity index (χ2v) is 6.86. The third-order valence-electron chi connectivity index (χ3n) is 4.30. The minimum Gasteiger partial charge on any atom is -0.491 e. The number of rotatable bonds is 15. The Labute approximate surface area is 178 Å². The largest absolute Gasteiger partial charge is 0.491 e. The molecule has 0 bridgehead atoms. The fourth-order valence-electron chi connectivity index (χ4n) is 2.67. The van der Waals surface area contributed by atoms with Gasteiger partial charge in [-0.25, -0.2) is 0 Å². The number of benzene rings is 2. The van der Waals surface area contributed by atoms with Crippen LogP contribution in [0.3, 0.4) is 0 Å². The van der Waals surface area contributed by atoms with Crippen molar-refractivity contribution in [2.45, 2.75) is 18.9 Å². The Balaban J connectivity index is 1.55. The summed E-state index contributed by atoms with van der Waals surface area (Å²) < 4.78 is 16.0. The summed E-state index contributed by atoms with van der Waals surface area (Å²) in [5.74, 6) is 1.27. The lowest BCUT2D eigenvalue weighted by atomic mass is 10.1. The molecule has 0 saturated heterocycles. The van der Waals surface area contributed by atoms with Gasteiger partial charge >= 0.3 is 0 Å². The Bertz CT molecular complexity index is 709. The molecule has 0 aliphatic rings. The topological polar surface area (TPSA) is 89.1 Å². The van der Waals surface area contributed by atoms with Gasteiger partial charge in [-0.05, 0) is 49.2 Å². The second-order valence-electron chi connectivity index (χ2n) is 6.86. The molecule has 2 rings (SSSR count). The highest BCUT2D eigenvalue weighted by Gasteiger charge is 2.05. The molecule has 0 spiro atoms. The van der Waals surface area contributed by atoms with E-state index < -0.39 is 6.10 Å². The molecule has 0 heterocycles. The quantitative estimate of drug-likeness (QED) is 0.384. The number of carbonyl (C=O) groups is 1. The highest BCUT2D eigenvalue weighted by atomic mass is 16.5. The summed E-state index contributed by atoms with van der Waals surface area (Å²) in [4.78, 5) is 11.7. The van der Waals surface area contributed by atoms with Crippen molar-refractivity contribution in [3.05, 3.63) is 60.2 Å². The molecule has 0 aromatic heterocycles. The van der Waals surface area contributed by atoms with Crippen molar-refractivity contribution in [3.63, 3.8) is 0 Å². The lowest BCUT2D eigenvalue weighted by Gasteiger charge is -2.13. The fourth-order valence-corrected chi connectivity index (χ4v) is 2.67. The van der Waals surface area contributed by atoms with E-state index in [9.17, 15) is 9.90 Å². The van der Waals surface area contributed by atoms with Crippen LogP contribution in [0.15, 0.2) is 54.6 Å². The van der Waals surface area contributed by atoms with E-state index >= 15 is 0 Å². The first-order chi connectivity index (χ1) is 14.7. The maximum atomic E-state index is 11.7. The average molecular weight is 417 g/mol. The van der Waals surface area contributed by atoms with E-state index in [-0.39, 0.29) is 19.1 Å². The van der Waals surface area contributed by atoms with Crippen molar-refractivity contribution in [1.29, 1.82) is 0 Å². The molecule has 0 aliphatic carbocycles. The monoisotopic (exact) mass is 416 g/mol. The smallest absolute Gasteiger partial charge is 0.257 e. The molecule has 2 aromatic carbocycles. The number of aliphatic hydroxyl groups excluding tert-OH is 1. The predicted molar refractivity (Wildman–Crippen MR) is 116 cm³/mol. The van der Waals surface area contributed by atoms with E-state index in [0.29, 0.717) is 25.4 Å². The lowest BCUT2D eigenvalue weighted by Crippen LogP contribution is -2.32. The maximum absolute atomic E-state index is 11.7. The molecular weight excluding hydrogens is 384 g/mol. The third-order valence-corrected chi connectivity index (χ3v) is 4.30. The molecule has 1 atom stereocenters. The fraction of sp³-hybridized carbons (Fsp3) is 0.435.